The lowest BCUT2D eigenvalue weighted by Gasteiger charge is -2.18. The van der Waals surface area contributed by atoms with E-state index in [4.69, 9.17) is 5.73 Å². The molecule has 1 amide bonds. The van der Waals surface area contributed by atoms with E-state index in [2.05, 4.69) is 0 Å². The third kappa shape index (κ3) is 3.82. The molecule has 2 aromatic carbocycles. The van der Waals surface area contributed by atoms with Crippen LogP contribution in [-0.2, 0) is 17.6 Å². The van der Waals surface area contributed by atoms with Crippen LogP contribution in [0.4, 0.5) is 0 Å². The molecule has 1 aromatic heterocycles. The summed E-state index contributed by atoms with van der Waals surface area (Å²) in [6, 6.07) is 13.6. The maximum absolute atomic E-state index is 12.0. The summed E-state index contributed by atoms with van der Waals surface area (Å²) in [5.74, 6) is -1.53. The molecule has 0 fully saturated rings. The van der Waals surface area contributed by atoms with Gasteiger partial charge in [0.2, 0.25) is 5.91 Å². The van der Waals surface area contributed by atoms with E-state index in [1.807, 2.05) is 30.3 Å². The third-order valence-electron chi connectivity index (χ3n) is 4.43. The highest BCUT2D eigenvalue weighted by Crippen LogP contribution is 2.36. The Labute approximate surface area is 155 Å². The predicted molar refractivity (Wildman–Crippen MR) is 98.7 cm³/mol. The minimum absolute atomic E-state index is 0.0856. The van der Waals surface area contributed by atoms with E-state index >= 15 is 0 Å². The van der Waals surface area contributed by atoms with Gasteiger partial charge in [0.25, 0.3) is 0 Å². The van der Waals surface area contributed by atoms with Crippen molar-refractivity contribution in [2.45, 2.75) is 18.9 Å². The van der Waals surface area contributed by atoms with Crippen LogP contribution in [0.15, 0.2) is 54.6 Å². The number of amides is 1. The Morgan fingerprint density at radius 2 is 1.67 bits per heavy atom. The van der Waals surface area contributed by atoms with Crippen LogP contribution in [0.1, 0.15) is 22.7 Å². The SMILES string of the molecule is NC(=O)C(Cc1ccccc1)n1c(O)cc(Cc2ccc(O)cc2O)c1O. The van der Waals surface area contributed by atoms with Gasteiger partial charge in [-0.2, -0.15) is 0 Å². The second-order valence-corrected chi connectivity index (χ2v) is 6.32. The summed E-state index contributed by atoms with van der Waals surface area (Å²) in [5.41, 5.74) is 7.09. The molecule has 7 heteroatoms. The highest BCUT2D eigenvalue weighted by Gasteiger charge is 2.26. The van der Waals surface area contributed by atoms with Crippen molar-refractivity contribution in [1.82, 2.24) is 4.57 Å². The molecule has 6 N–H and O–H groups in total. The van der Waals surface area contributed by atoms with Crippen molar-refractivity contribution in [2.24, 2.45) is 5.73 Å². The monoisotopic (exact) mass is 368 g/mol. The summed E-state index contributed by atoms with van der Waals surface area (Å²) < 4.78 is 1.09. The van der Waals surface area contributed by atoms with Gasteiger partial charge >= 0.3 is 0 Å². The zero-order valence-corrected chi connectivity index (χ0v) is 14.4. The van der Waals surface area contributed by atoms with Gasteiger partial charge < -0.3 is 26.2 Å². The molecule has 140 valence electrons. The van der Waals surface area contributed by atoms with Crippen LogP contribution in [-0.4, -0.2) is 30.9 Å². The number of hydrogen-bond donors (Lipinski definition) is 5. The van der Waals surface area contributed by atoms with Gasteiger partial charge in [0.05, 0.1) is 0 Å². The molecule has 7 nitrogen and oxygen atoms in total. The first-order chi connectivity index (χ1) is 12.9. The molecule has 1 unspecified atom stereocenters. The number of phenolic OH excluding ortho intramolecular Hbond substituents is 2. The number of rotatable bonds is 6. The van der Waals surface area contributed by atoms with Crippen molar-refractivity contribution in [3.8, 4) is 23.3 Å². The van der Waals surface area contributed by atoms with Gasteiger partial charge in [0.15, 0.2) is 11.8 Å². The van der Waals surface area contributed by atoms with Crippen molar-refractivity contribution in [3.63, 3.8) is 0 Å². The van der Waals surface area contributed by atoms with Crippen LogP contribution in [0.2, 0.25) is 0 Å². The molecule has 0 aliphatic rings. The standard InChI is InChI=1S/C20H20N2O5/c21-19(26)16(8-12-4-2-1-3-5-12)22-18(25)10-14(20(22)27)9-13-6-7-15(23)11-17(13)24/h1-7,10-11,16,23-25,27H,8-9H2,(H2,21,26). The molecule has 0 aliphatic carbocycles. The molecule has 0 radical (unpaired) electrons. The fourth-order valence-electron chi connectivity index (χ4n) is 3.05. The van der Waals surface area contributed by atoms with Crippen LogP contribution in [0, 0.1) is 0 Å². The fourth-order valence-corrected chi connectivity index (χ4v) is 3.05. The summed E-state index contributed by atoms with van der Waals surface area (Å²) in [6.07, 6.45) is 0.297. The maximum Gasteiger partial charge on any atom is 0.241 e. The molecular formula is C20H20N2O5. The molecular weight excluding hydrogens is 348 g/mol. The Kier molecular flexibility index (Phi) is 4.94. The zero-order valence-electron chi connectivity index (χ0n) is 14.4. The predicted octanol–water partition coefficient (Wildman–Crippen LogP) is 2.17. The lowest BCUT2D eigenvalue weighted by Crippen LogP contribution is -2.28. The van der Waals surface area contributed by atoms with Crippen molar-refractivity contribution in [1.29, 1.82) is 0 Å². The summed E-state index contributed by atoms with van der Waals surface area (Å²) in [5, 5.41) is 40.2. The number of hydrogen-bond acceptors (Lipinski definition) is 5. The summed E-state index contributed by atoms with van der Waals surface area (Å²) in [6.45, 7) is 0. The van der Waals surface area contributed by atoms with E-state index in [9.17, 15) is 25.2 Å². The first kappa shape index (κ1) is 18.2. The van der Waals surface area contributed by atoms with E-state index in [1.165, 1.54) is 24.3 Å². The van der Waals surface area contributed by atoms with E-state index < -0.39 is 11.9 Å². The van der Waals surface area contributed by atoms with Gasteiger partial charge in [-0.25, -0.2) is 0 Å². The third-order valence-corrected chi connectivity index (χ3v) is 4.43. The van der Waals surface area contributed by atoms with E-state index in [0.717, 1.165) is 10.1 Å². The second kappa shape index (κ2) is 7.33. The first-order valence-electron chi connectivity index (χ1n) is 8.33. The molecule has 0 spiro atoms. The number of phenols is 2. The first-order valence-corrected chi connectivity index (χ1v) is 8.33. The number of aromatic hydroxyl groups is 4. The van der Waals surface area contributed by atoms with Crippen LogP contribution < -0.4 is 5.73 Å². The van der Waals surface area contributed by atoms with Gasteiger partial charge in [-0.05, 0) is 17.2 Å². The largest absolute Gasteiger partial charge is 0.508 e. The number of nitrogens with two attached hydrogens (primary N) is 1. The highest BCUT2D eigenvalue weighted by atomic mass is 16.3. The number of benzene rings is 2. The molecule has 0 saturated heterocycles. The average molecular weight is 368 g/mol. The smallest absolute Gasteiger partial charge is 0.241 e. The van der Waals surface area contributed by atoms with E-state index in [1.54, 1.807) is 0 Å². The molecule has 27 heavy (non-hydrogen) atoms. The molecule has 3 aromatic rings. The Bertz CT molecular complexity index is 966. The second-order valence-electron chi connectivity index (χ2n) is 6.32. The number of nitrogens with zero attached hydrogens (tertiary/aromatic N) is 1. The lowest BCUT2D eigenvalue weighted by molar-refractivity contribution is -0.121. The molecule has 3 rings (SSSR count). The number of primary amides is 1. The van der Waals surface area contributed by atoms with Crippen molar-refractivity contribution < 1.29 is 25.2 Å². The maximum atomic E-state index is 12.0. The minimum atomic E-state index is -0.977. The molecule has 1 heterocycles. The van der Waals surface area contributed by atoms with Crippen molar-refractivity contribution >= 4 is 5.91 Å². The average Bonchev–Trinajstić information content (AvgIpc) is 2.90. The van der Waals surface area contributed by atoms with Gasteiger partial charge in [-0.3, -0.25) is 9.36 Å². The normalized spacial score (nSPS) is 12.0. The van der Waals surface area contributed by atoms with Crippen molar-refractivity contribution in [3.05, 3.63) is 71.3 Å². The Morgan fingerprint density at radius 1 is 0.963 bits per heavy atom. The van der Waals surface area contributed by atoms with Crippen molar-refractivity contribution in [2.75, 3.05) is 0 Å². The molecule has 0 aliphatic heterocycles. The zero-order chi connectivity index (χ0) is 19.6. The van der Waals surface area contributed by atoms with Crippen LogP contribution >= 0.6 is 0 Å². The van der Waals surface area contributed by atoms with Crippen LogP contribution in [0.3, 0.4) is 0 Å². The molecule has 0 saturated carbocycles. The van der Waals surface area contributed by atoms with Gasteiger partial charge in [0.1, 0.15) is 17.5 Å². The van der Waals surface area contributed by atoms with E-state index in [-0.39, 0.29) is 36.1 Å². The number of carbonyl (C=O) groups excluding carboxylic acids is 1. The summed E-state index contributed by atoms with van der Waals surface area (Å²) in [4.78, 5) is 12.0. The minimum Gasteiger partial charge on any atom is -0.508 e. The summed E-state index contributed by atoms with van der Waals surface area (Å²) >= 11 is 0. The van der Waals surface area contributed by atoms with Crippen LogP contribution in [0.5, 0.6) is 23.3 Å². The van der Waals surface area contributed by atoms with E-state index in [0.29, 0.717) is 11.1 Å². The highest BCUT2D eigenvalue weighted by molar-refractivity contribution is 5.79. The Morgan fingerprint density at radius 3 is 2.30 bits per heavy atom. The topological polar surface area (TPSA) is 129 Å². The molecule has 1 atom stereocenters. The fraction of sp³-hybridized carbons (Fsp3) is 0.150. The quantitative estimate of drug-likeness (QED) is 0.455. The van der Waals surface area contributed by atoms with Crippen LogP contribution in [0.25, 0.3) is 0 Å². The molecule has 0 bridgehead atoms. The number of carbonyl (C=O) groups is 1. The Hall–Kier alpha value is -3.61. The van der Waals surface area contributed by atoms with Gasteiger partial charge in [0, 0.05) is 30.5 Å². The number of aromatic nitrogens is 1. The summed E-state index contributed by atoms with van der Waals surface area (Å²) in [7, 11) is 0. The lowest BCUT2D eigenvalue weighted by atomic mass is 10.0. The van der Waals surface area contributed by atoms with Gasteiger partial charge in [-0.1, -0.05) is 36.4 Å². The Balaban J connectivity index is 1.94. The van der Waals surface area contributed by atoms with Gasteiger partial charge in [-0.15, -0.1) is 0 Å².